The third kappa shape index (κ3) is 3.28. The van der Waals surface area contributed by atoms with Gasteiger partial charge >= 0.3 is 0 Å². The molecule has 0 fully saturated rings. The molecule has 3 aromatic rings. The smallest absolute Gasteiger partial charge is 0.241 e. The molecule has 0 spiro atoms. The number of benzene rings is 2. The lowest BCUT2D eigenvalue weighted by molar-refractivity contribution is -0.725. The van der Waals surface area contributed by atoms with Crippen molar-refractivity contribution < 1.29 is 4.57 Å². The Hall–Kier alpha value is -2.35. The Morgan fingerprint density at radius 3 is 2.23 bits per heavy atom. The highest BCUT2D eigenvalue weighted by molar-refractivity contribution is 5.25. The lowest BCUT2D eigenvalue weighted by Gasteiger charge is -2.24. The minimum atomic E-state index is 0.453. The highest BCUT2D eigenvalue weighted by atomic mass is 15.1. The largest absolute Gasteiger partial charge is 0.250 e. The average Bonchev–Trinajstić information content (AvgIpc) is 3.11. The summed E-state index contributed by atoms with van der Waals surface area (Å²) < 4.78 is 2.31. The van der Waals surface area contributed by atoms with Crippen LogP contribution in [0.1, 0.15) is 36.4 Å². The van der Waals surface area contributed by atoms with Crippen LogP contribution in [-0.2, 0) is 6.42 Å². The van der Waals surface area contributed by atoms with Gasteiger partial charge in [0, 0.05) is 5.92 Å². The fraction of sp³-hybridized carbons (Fsp3) is 0.250. The van der Waals surface area contributed by atoms with Crippen molar-refractivity contribution in [3.8, 4) is 0 Å². The van der Waals surface area contributed by atoms with Crippen molar-refractivity contribution in [2.45, 2.75) is 31.7 Å². The van der Waals surface area contributed by atoms with Gasteiger partial charge < -0.3 is 0 Å². The molecule has 112 valence electrons. The minimum Gasteiger partial charge on any atom is -0.250 e. The third-order valence-electron chi connectivity index (χ3n) is 4.36. The molecule has 0 bridgehead atoms. The molecule has 0 amide bonds. The van der Waals surface area contributed by atoms with Gasteiger partial charge in [0.1, 0.15) is 18.4 Å². The van der Waals surface area contributed by atoms with Crippen molar-refractivity contribution in [2.24, 2.45) is 0 Å². The maximum atomic E-state index is 3.18. The summed E-state index contributed by atoms with van der Waals surface area (Å²) >= 11 is 0. The van der Waals surface area contributed by atoms with Crippen LogP contribution < -0.4 is 4.57 Å². The molecule has 0 aliphatic heterocycles. The zero-order valence-corrected chi connectivity index (χ0v) is 13.0. The standard InChI is InChI=1S/C20H22N2/c1-2-20(22-14-13-21-16-22)19(18-11-7-4-8-12-18)15-17-9-5-3-6-10-17/h3-14,16,19-20H,2,15H2,1H3/p+1. The van der Waals surface area contributed by atoms with Crippen LogP contribution in [-0.4, -0.2) is 4.98 Å². The van der Waals surface area contributed by atoms with Gasteiger partial charge in [0.25, 0.3) is 0 Å². The molecule has 0 saturated carbocycles. The Morgan fingerprint density at radius 2 is 1.64 bits per heavy atom. The second-order valence-electron chi connectivity index (χ2n) is 5.74. The summed E-state index contributed by atoms with van der Waals surface area (Å²) in [6, 6.07) is 22.1. The van der Waals surface area contributed by atoms with Gasteiger partial charge in [0.05, 0.1) is 0 Å². The molecule has 2 nitrogen and oxygen atoms in total. The molecule has 1 heterocycles. The molecule has 1 aromatic heterocycles. The van der Waals surface area contributed by atoms with E-state index in [1.165, 1.54) is 11.1 Å². The Balaban J connectivity index is 1.95. The molecule has 2 unspecified atom stereocenters. The first-order valence-corrected chi connectivity index (χ1v) is 8.01. The van der Waals surface area contributed by atoms with E-state index in [0.29, 0.717) is 12.0 Å². The number of rotatable bonds is 6. The summed E-state index contributed by atoms with van der Waals surface area (Å²) in [5.41, 5.74) is 2.80. The monoisotopic (exact) mass is 291 g/mol. The zero-order chi connectivity index (χ0) is 15.2. The molecule has 0 radical (unpaired) electrons. The third-order valence-corrected chi connectivity index (χ3v) is 4.36. The summed E-state index contributed by atoms with van der Waals surface area (Å²) in [6.07, 6.45) is 8.36. The van der Waals surface area contributed by atoms with E-state index in [1.807, 2.05) is 6.20 Å². The van der Waals surface area contributed by atoms with E-state index in [0.717, 1.165) is 12.8 Å². The SMILES string of the molecule is CCC(C(Cc1ccccc1)c1ccccc1)[n+]1cc[nH]c1. The fourth-order valence-corrected chi connectivity index (χ4v) is 3.25. The molecule has 22 heavy (non-hydrogen) atoms. The van der Waals surface area contributed by atoms with E-state index in [9.17, 15) is 0 Å². The van der Waals surface area contributed by atoms with Crippen molar-refractivity contribution in [1.82, 2.24) is 4.98 Å². The van der Waals surface area contributed by atoms with E-state index in [1.54, 1.807) is 0 Å². The Labute approximate surface area is 132 Å². The van der Waals surface area contributed by atoms with E-state index in [-0.39, 0.29) is 0 Å². The summed E-state index contributed by atoms with van der Waals surface area (Å²) in [4.78, 5) is 3.18. The molecule has 0 aliphatic rings. The van der Waals surface area contributed by atoms with Crippen molar-refractivity contribution in [3.05, 3.63) is 90.5 Å². The number of imidazole rings is 1. The maximum Gasteiger partial charge on any atom is 0.241 e. The van der Waals surface area contributed by atoms with Crippen LogP contribution in [0.15, 0.2) is 79.4 Å². The van der Waals surface area contributed by atoms with Crippen LogP contribution in [0.25, 0.3) is 0 Å². The molecule has 2 aromatic carbocycles. The van der Waals surface area contributed by atoms with Gasteiger partial charge in [-0.05, 0) is 24.0 Å². The molecule has 1 N–H and O–H groups in total. The van der Waals surface area contributed by atoms with E-state index in [4.69, 9.17) is 0 Å². The molecular weight excluding hydrogens is 268 g/mol. The summed E-state index contributed by atoms with van der Waals surface area (Å²) in [6.45, 7) is 2.27. The second kappa shape index (κ2) is 7.08. The van der Waals surface area contributed by atoms with Crippen LogP contribution in [0, 0.1) is 0 Å². The molecule has 3 rings (SSSR count). The van der Waals surface area contributed by atoms with E-state index in [2.05, 4.69) is 89.7 Å². The van der Waals surface area contributed by atoms with Crippen molar-refractivity contribution >= 4 is 0 Å². The van der Waals surface area contributed by atoms with Gasteiger partial charge in [-0.1, -0.05) is 67.6 Å². The predicted molar refractivity (Wildman–Crippen MR) is 89.6 cm³/mol. The van der Waals surface area contributed by atoms with Crippen LogP contribution in [0.3, 0.4) is 0 Å². The summed E-state index contributed by atoms with van der Waals surface area (Å²) in [5.74, 6) is 0.467. The Morgan fingerprint density at radius 1 is 0.955 bits per heavy atom. The normalized spacial score (nSPS) is 13.7. The summed E-state index contributed by atoms with van der Waals surface area (Å²) in [7, 11) is 0. The van der Waals surface area contributed by atoms with Crippen molar-refractivity contribution in [2.75, 3.05) is 0 Å². The first-order valence-electron chi connectivity index (χ1n) is 8.01. The van der Waals surface area contributed by atoms with E-state index < -0.39 is 0 Å². The molecular formula is C20H23N2+. The minimum absolute atomic E-state index is 0.453. The van der Waals surface area contributed by atoms with Crippen LogP contribution in [0.5, 0.6) is 0 Å². The first kappa shape index (κ1) is 14.6. The number of nitrogens with zero attached hydrogens (tertiary/aromatic N) is 1. The number of hydrogen-bond donors (Lipinski definition) is 1. The number of H-pyrrole nitrogens is 1. The number of aromatic amines is 1. The zero-order valence-electron chi connectivity index (χ0n) is 13.0. The second-order valence-corrected chi connectivity index (χ2v) is 5.74. The topological polar surface area (TPSA) is 19.7 Å². The van der Waals surface area contributed by atoms with Crippen molar-refractivity contribution in [3.63, 3.8) is 0 Å². The van der Waals surface area contributed by atoms with Crippen LogP contribution in [0.2, 0.25) is 0 Å². The van der Waals surface area contributed by atoms with Gasteiger partial charge in [0.15, 0.2) is 0 Å². The van der Waals surface area contributed by atoms with E-state index >= 15 is 0 Å². The molecule has 0 aliphatic carbocycles. The Kier molecular flexibility index (Phi) is 4.69. The van der Waals surface area contributed by atoms with Crippen molar-refractivity contribution in [1.29, 1.82) is 0 Å². The summed E-state index contributed by atoms with van der Waals surface area (Å²) in [5, 5.41) is 0. The first-order chi connectivity index (χ1) is 10.9. The molecule has 2 atom stereocenters. The van der Waals surface area contributed by atoms with Gasteiger partial charge in [-0.3, -0.25) is 4.98 Å². The lowest BCUT2D eigenvalue weighted by atomic mass is 9.84. The van der Waals surface area contributed by atoms with Crippen LogP contribution >= 0.6 is 0 Å². The van der Waals surface area contributed by atoms with Gasteiger partial charge in [-0.15, -0.1) is 0 Å². The number of nitrogens with one attached hydrogen (secondary N) is 1. The average molecular weight is 291 g/mol. The van der Waals surface area contributed by atoms with Gasteiger partial charge in [0.2, 0.25) is 6.33 Å². The van der Waals surface area contributed by atoms with Gasteiger partial charge in [-0.25, -0.2) is 4.57 Å². The quantitative estimate of drug-likeness (QED) is 0.654. The number of aromatic nitrogens is 2. The lowest BCUT2D eigenvalue weighted by Crippen LogP contribution is -2.41. The Bertz CT molecular complexity index is 659. The molecule has 0 saturated heterocycles. The fourth-order valence-electron chi connectivity index (χ4n) is 3.25. The maximum absolute atomic E-state index is 3.18. The van der Waals surface area contributed by atoms with Crippen LogP contribution in [0.4, 0.5) is 0 Å². The highest BCUT2D eigenvalue weighted by Gasteiger charge is 2.26. The van der Waals surface area contributed by atoms with Gasteiger partial charge in [-0.2, -0.15) is 0 Å². The highest BCUT2D eigenvalue weighted by Crippen LogP contribution is 2.31. The number of hydrogen-bond acceptors (Lipinski definition) is 0. The molecule has 2 heteroatoms. The predicted octanol–water partition coefficient (Wildman–Crippen LogP) is 4.28.